The molecule has 1 rings (SSSR count). The number of ether oxygens (including phenoxy) is 1. The molecular formula is C9H16FNO2. The van der Waals surface area contributed by atoms with Gasteiger partial charge in [-0.1, -0.05) is 0 Å². The number of hydrogen-bond acceptors (Lipinski definition) is 3. The molecule has 4 heteroatoms. The zero-order chi connectivity index (χ0) is 9.84. The molecule has 0 aromatic carbocycles. The predicted molar refractivity (Wildman–Crippen MR) is 47.1 cm³/mol. The van der Waals surface area contributed by atoms with Gasteiger partial charge in [0.2, 0.25) is 0 Å². The maximum Gasteiger partial charge on any atom is 0.305 e. The van der Waals surface area contributed by atoms with Gasteiger partial charge in [-0.05, 0) is 13.5 Å². The lowest BCUT2D eigenvalue weighted by Crippen LogP contribution is -2.15. The Morgan fingerprint density at radius 3 is 2.77 bits per heavy atom. The fourth-order valence-electron chi connectivity index (χ4n) is 1.71. The van der Waals surface area contributed by atoms with E-state index in [0.29, 0.717) is 19.4 Å². The Bertz CT molecular complexity index is 186. The smallest absolute Gasteiger partial charge is 0.305 e. The van der Waals surface area contributed by atoms with E-state index in [4.69, 9.17) is 0 Å². The number of carbonyl (C=O) groups is 1. The van der Waals surface area contributed by atoms with Gasteiger partial charge in [-0.25, -0.2) is 4.39 Å². The Kier molecular flexibility index (Phi) is 3.66. The molecule has 1 aliphatic rings. The number of carbonyl (C=O) groups excluding carboxylic acids is 1. The van der Waals surface area contributed by atoms with E-state index in [2.05, 4.69) is 4.74 Å². The highest BCUT2D eigenvalue weighted by Crippen LogP contribution is 2.23. The van der Waals surface area contributed by atoms with Crippen molar-refractivity contribution < 1.29 is 13.9 Å². The minimum Gasteiger partial charge on any atom is -0.469 e. The molecule has 13 heavy (non-hydrogen) atoms. The number of nitrogens with zero attached hydrogens (tertiary/aromatic N) is 1. The van der Waals surface area contributed by atoms with E-state index in [1.165, 1.54) is 7.11 Å². The molecule has 1 aliphatic heterocycles. The molecule has 0 spiro atoms. The fraction of sp³-hybridized carbons (Fsp3) is 0.889. The van der Waals surface area contributed by atoms with Gasteiger partial charge in [-0.3, -0.25) is 4.79 Å². The first-order valence-corrected chi connectivity index (χ1v) is 4.53. The molecule has 0 amide bonds. The lowest BCUT2D eigenvalue weighted by atomic mass is 10.0. The summed E-state index contributed by atoms with van der Waals surface area (Å²) in [5.74, 6) is -0.245. The van der Waals surface area contributed by atoms with Crippen molar-refractivity contribution in [1.82, 2.24) is 4.90 Å². The third-order valence-electron chi connectivity index (χ3n) is 2.49. The van der Waals surface area contributed by atoms with E-state index in [0.717, 1.165) is 6.54 Å². The second-order valence-corrected chi connectivity index (χ2v) is 3.61. The zero-order valence-corrected chi connectivity index (χ0v) is 8.12. The minimum absolute atomic E-state index is 0.00380. The summed E-state index contributed by atoms with van der Waals surface area (Å²) in [6.07, 6.45) is 0.141. The third-order valence-corrected chi connectivity index (χ3v) is 2.49. The van der Waals surface area contributed by atoms with Crippen LogP contribution in [0.1, 0.15) is 12.8 Å². The average Bonchev–Trinajstić information content (AvgIpc) is 2.41. The van der Waals surface area contributed by atoms with Crippen molar-refractivity contribution in [3.63, 3.8) is 0 Å². The average molecular weight is 189 g/mol. The molecule has 0 aromatic heterocycles. The molecule has 76 valence electrons. The Morgan fingerprint density at radius 2 is 2.31 bits per heavy atom. The SMILES string of the molecule is COC(=O)CC[C@@H]1CN(C)C[C@H]1F. The Labute approximate surface area is 77.9 Å². The van der Waals surface area contributed by atoms with E-state index < -0.39 is 6.17 Å². The molecule has 2 atom stereocenters. The highest BCUT2D eigenvalue weighted by Gasteiger charge is 2.30. The standard InChI is InChI=1S/C9H16FNO2/c1-11-5-7(8(10)6-11)3-4-9(12)13-2/h7-8H,3-6H2,1-2H3/t7-,8-/m1/s1. The summed E-state index contributed by atoms with van der Waals surface area (Å²) in [5, 5.41) is 0. The van der Waals surface area contributed by atoms with Gasteiger partial charge in [0.15, 0.2) is 0 Å². The fourth-order valence-corrected chi connectivity index (χ4v) is 1.71. The van der Waals surface area contributed by atoms with E-state index in [9.17, 15) is 9.18 Å². The first kappa shape index (κ1) is 10.4. The Morgan fingerprint density at radius 1 is 1.62 bits per heavy atom. The molecule has 0 bridgehead atoms. The van der Waals surface area contributed by atoms with Gasteiger partial charge >= 0.3 is 5.97 Å². The van der Waals surface area contributed by atoms with Crippen LogP contribution < -0.4 is 0 Å². The third kappa shape index (κ3) is 2.95. The summed E-state index contributed by atoms with van der Waals surface area (Å²) in [5.41, 5.74) is 0. The maximum atomic E-state index is 13.2. The van der Waals surface area contributed by atoms with Gasteiger partial charge in [0.05, 0.1) is 7.11 Å². The second-order valence-electron chi connectivity index (χ2n) is 3.61. The number of alkyl halides is 1. The summed E-state index contributed by atoms with van der Waals surface area (Å²) < 4.78 is 17.7. The second kappa shape index (κ2) is 4.56. The van der Waals surface area contributed by atoms with E-state index in [1.807, 2.05) is 11.9 Å². The monoisotopic (exact) mass is 189 g/mol. The van der Waals surface area contributed by atoms with Crippen LogP contribution in [0.5, 0.6) is 0 Å². The topological polar surface area (TPSA) is 29.5 Å². The number of esters is 1. The van der Waals surface area contributed by atoms with Crippen molar-refractivity contribution in [1.29, 1.82) is 0 Å². The highest BCUT2D eigenvalue weighted by atomic mass is 19.1. The van der Waals surface area contributed by atoms with Crippen molar-refractivity contribution in [2.24, 2.45) is 5.92 Å². The van der Waals surface area contributed by atoms with Crippen LogP contribution in [-0.4, -0.2) is 44.3 Å². The quantitative estimate of drug-likeness (QED) is 0.616. The summed E-state index contributed by atoms with van der Waals surface area (Å²) in [6.45, 7) is 1.24. The van der Waals surface area contributed by atoms with Crippen molar-refractivity contribution in [3.8, 4) is 0 Å². The molecular weight excluding hydrogens is 173 g/mol. The van der Waals surface area contributed by atoms with Gasteiger partial charge in [-0.15, -0.1) is 0 Å². The number of hydrogen-bond donors (Lipinski definition) is 0. The van der Waals surface area contributed by atoms with Gasteiger partial charge in [0, 0.05) is 25.4 Å². The lowest BCUT2D eigenvalue weighted by molar-refractivity contribution is -0.141. The largest absolute Gasteiger partial charge is 0.469 e. The van der Waals surface area contributed by atoms with Crippen LogP contribution in [0.15, 0.2) is 0 Å². The van der Waals surface area contributed by atoms with Crippen molar-refractivity contribution in [3.05, 3.63) is 0 Å². The van der Waals surface area contributed by atoms with Gasteiger partial charge in [0.1, 0.15) is 6.17 Å². The van der Waals surface area contributed by atoms with E-state index in [-0.39, 0.29) is 11.9 Å². The molecule has 0 unspecified atom stereocenters. The summed E-state index contributed by atoms with van der Waals surface area (Å²) >= 11 is 0. The summed E-state index contributed by atoms with van der Waals surface area (Å²) in [4.78, 5) is 12.7. The predicted octanol–water partition coefficient (Wildman–Crippen LogP) is 0.839. The van der Waals surface area contributed by atoms with Crippen molar-refractivity contribution >= 4 is 5.97 Å². The molecule has 3 nitrogen and oxygen atoms in total. The Hall–Kier alpha value is -0.640. The molecule has 0 aliphatic carbocycles. The first-order chi connectivity index (χ1) is 6.13. The number of methoxy groups -OCH3 is 1. The van der Waals surface area contributed by atoms with Crippen LogP contribution in [0.3, 0.4) is 0 Å². The van der Waals surface area contributed by atoms with Crippen LogP contribution in [0.25, 0.3) is 0 Å². The Balaban J connectivity index is 2.25. The molecule has 1 heterocycles. The lowest BCUT2D eigenvalue weighted by Gasteiger charge is -2.10. The van der Waals surface area contributed by atoms with Crippen molar-refractivity contribution in [2.45, 2.75) is 19.0 Å². The minimum atomic E-state index is -0.783. The van der Waals surface area contributed by atoms with Crippen LogP contribution in [0.2, 0.25) is 0 Å². The normalized spacial score (nSPS) is 29.2. The van der Waals surface area contributed by atoms with Gasteiger partial charge in [0.25, 0.3) is 0 Å². The molecule has 0 saturated carbocycles. The van der Waals surface area contributed by atoms with Gasteiger partial charge in [-0.2, -0.15) is 0 Å². The molecule has 0 N–H and O–H groups in total. The molecule has 0 radical (unpaired) electrons. The number of likely N-dealkylation sites (tertiary alicyclic amines) is 1. The molecule has 0 aromatic rings. The number of rotatable bonds is 3. The maximum absolute atomic E-state index is 13.2. The summed E-state index contributed by atoms with van der Waals surface area (Å²) in [7, 11) is 3.25. The summed E-state index contributed by atoms with van der Waals surface area (Å²) in [6, 6.07) is 0. The highest BCUT2D eigenvalue weighted by molar-refractivity contribution is 5.69. The molecule has 1 saturated heterocycles. The van der Waals surface area contributed by atoms with Crippen LogP contribution >= 0.6 is 0 Å². The van der Waals surface area contributed by atoms with Crippen LogP contribution in [0.4, 0.5) is 4.39 Å². The number of halogens is 1. The van der Waals surface area contributed by atoms with Gasteiger partial charge < -0.3 is 9.64 Å². The molecule has 1 fully saturated rings. The first-order valence-electron chi connectivity index (χ1n) is 4.53. The zero-order valence-electron chi connectivity index (χ0n) is 8.12. The van der Waals surface area contributed by atoms with Crippen LogP contribution in [0, 0.1) is 5.92 Å². The van der Waals surface area contributed by atoms with E-state index >= 15 is 0 Å². The van der Waals surface area contributed by atoms with Crippen molar-refractivity contribution in [2.75, 3.05) is 27.2 Å². The van der Waals surface area contributed by atoms with E-state index in [1.54, 1.807) is 0 Å². The van der Waals surface area contributed by atoms with Crippen LogP contribution in [-0.2, 0) is 9.53 Å².